The van der Waals surface area contributed by atoms with Crippen molar-refractivity contribution in [3.63, 3.8) is 0 Å². The fourth-order valence-corrected chi connectivity index (χ4v) is 1.77. The summed E-state index contributed by atoms with van der Waals surface area (Å²) in [4.78, 5) is 6.69. The van der Waals surface area contributed by atoms with E-state index in [-0.39, 0.29) is 6.10 Å². The lowest BCUT2D eigenvalue weighted by Gasteiger charge is -2.25. The van der Waals surface area contributed by atoms with Crippen LogP contribution in [0.5, 0.6) is 0 Å². The van der Waals surface area contributed by atoms with E-state index in [0.29, 0.717) is 6.04 Å². The summed E-state index contributed by atoms with van der Waals surface area (Å²) in [5.41, 5.74) is 2.13. The fourth-order valence-electron chi connectivity index (χ4n) is 1.77. The lowest BCUT2D eigenvalue weighted by molar-refractivity contribution is 0.130. The van der Waals surface area contributed by atoms with Gasteiger partial charge in [-0.05, 0) is 46.4 Å². The predicted octanol–water partition coefficient (Wildman–Crippen LogP) is 1.98. The van der Waals surface area contributed by atoms with Crippen molar-refractivity contribution in [2.75, 3.05) is 7.05 Å². The third-order valence-electron chi connectivity index (χ3n) is 2.79. The maximum Gasteiger partial charge on any atom is 0.0547 e. The van der Waals surface area contributed by atoms with Gasteiger partial charge in [-0.3, -0.25) is 9.88 Å². The van der Waals surface area contributed by atoms with E-state index in [1.807, 2.05) is 32.0 Å². The Hall–Kier alpha value is -0.930. The molecule has 1 aromatic rings. The molecule has 0 aliphatic rings. The van der Waals surface area contributed by atoms with Crippen molar-refractivity contribution in [1.82, 2.24) is 9.88 Å². The van der Waals surface area contributed by atoms with Gasteiger partial charge in [0.2, 0.25) is 0 Å². The molecule has 1 aromatic heterocycles. The fraction of sp³-hybridized carbons (Fsp3) is 0.615. The summed E-state index contributed by atoms with van der Waals surface area (Å²) in [6, 6.07) is 6.44. The molecule has 1 N–H and O–H groups in total. The molecule has 2 unspecified atom stereocenters. The molecule has 0 spiro atoms. The average molecular weight is 222 g/mol. The first-order valence-corrected chi connectivity index (χ1v) is 5.80. The summed E-state index contributed by atoms with van der Waals surface area (Å²) in [5, 5.41) is 9.34. The van der Waals surface area contributed by atoms with Crippen molar-refractivity contribution in [2.45, 2.75) is 45.9 Å². The maximum absolute atomic E-state index is 9.34. The quantitative estimate of drug-likeness (QED) is 0.827. The van der Waals surface area contributed by atoms with Crippen molar-refractivity contribution >= 4 is 0 Å². The van der Waals surface area contributed by atoms with Crippen LogP contribution >= 0.6 is 0 Å². The minimum Gasteiger partial charge on any atom is -0.393 e. The van der Waals surface area contributed by atoms with Crippen LogP contribution in [0.2, 0.25) is 0 Å². The molecule has 0 aliphatic carbocycles. The van der Waals surface area contributed by atoms with Crippen LogP contribution in [0.25, 0.3) is 0 Å². The van der Waals surface area contributed by atoms with Crippen molar-refractivity contribution in [3.8, 4) is 0 Å². The average Bonchev–Trinajstić information content (AvgIpc) is 2.16. The van der Waals surface area contributed by atoms with Gasteiger partial charge < -0.3 is 5.11 Å². The lowest BCUT2D eigenvalue weighted by Crippen LogP contribution is -2.31. The third kappa shape index (κ3) is 4.29. The van der Waals surface area contributed by atoms with Crippen LogP contribution in [-0.4, -0.2) is 34.2 Å². The van der Waals surface area contributed by atoms with Crippen molar-refractivity contribution in [3.05, 3.63) is 29.6 Å². The minimum absolute atomic E-state index is 0.247. The van der Waals surface area contributed by atoms with Crippen LogP contribution in [0.4, 0.5) is 0 Å². The third-order valence-corrected chi connectivity index (χ3v) is 2.79. The second-order valence-corrected chi connectivity index (χ2v) is 4.62. The van der Waals surface area contributed by atoms with E-state index in [2.05, 4.69) is 23.9 Å². The van der Waals surface area contributed by atoms with Gasteiger partial charge in [0.15, 0.2) is 0 Å². The lowest BCUT2D eigenvalue weighted by atomic mass is 10.1. The molecule has 90 valence electrons. The molecule has 0 radical (unpaired) electrons. The summed E-state index contributed by atoms with van der Waals surface area (Å²) in [6.07, 6.45) is 0.547. The minimum atomic E-state index is -0.247. The largest absolute Gasteiger partial charge is 0.393 e. The van der Waals surface area contributed by atoms with Gasteiger partial charge in [0.05, 0.1) is 11.8 Å². The molecule has 0 aromatic carbocycles. The zero-order valence-corrected chi connectivity index (χ0v) is 10.6. The summed E-state index contributed by atoms with van der Waals surface area (Å²) >= 11 is 0. The van der Waals surface area contributed by atoms with Crippen molar-refractivity contribution in [2.24, 2.45) is 0 Å². The van der Waals surface area contributed by atoms with Crippen LogP contribution in [0.15, 0.2) is 18.2 Å². The molecule has 1 heterocycles. The predicted molar refractivity (Wildman–Crippen MR) is 66.2 cm³/mol. The molecule has 0 amide bonds. The molecular weight excluding hydrogens is 200 g/mol. The van der Waals surface area contributed by atoms with E-state index in [9.17, 15) is 5.11 Å². The van der Waals surface area contributed by atoms with E-state index in [1.165, 1.54) is 0 Å². The van der Waals surface area contributed by atoms with Crippen LogP contribution in [0.1, 0.15) is 31.7 Å². The molecule has 0 aliphatic heterocycles. The molecule has 16 heavy (non-hydrogen) atoms. The molecule has 0 saturated carbocycles. The molecule has 1 rings (SSSR count). The Labute approximate surface area is 98.1 Å². The SMILES string of the molecule is Cc1cccc(CN(C)C(C)CC(C)O)n1. The summed E-state index contributed by atoms with van der Waals surface area (Å²) in [7, 11) is 2.07. The summed E-state index contributed by atoms with van der Waals surface area (Å²) in [5.74, 6) is 0. The second-order valence-electron chi connectivity index (χ2n) is 4.62. The molecular formula is C13H22N2O. The number of aliphatic hydroxyl groups excluding tert-OH is 1. The first-order chi connectivity index (χ1) is 7.49. The zero-order valence-electron chi connectivity index (χ0n) is 10.6. The highest BCUT2D eigenvalue weighted by molar-refractivity contribution is 5.09. The van der Waals surface area contributed by atoms with E-state index >= 15 is 0 Å². The highest BCUT2D eigenvalue weighted by atomic mass is 16.3. The Kier molecular flexibility index (Phi) is 4.90. The number of aryl methyl sites for hydroxylation is 1. The Bertz CT molecular complexity index is 325. The van der Waals surface area contributed by atoms with Crippen molar-refractivity contribution in [1.29, 1.82) is 0 Å². The highest BCUT2D eigenvalue weighted by Crippen LogP contribution is 2.09. The van der Waals surface area contributed by atoms with Crippen LogP contribution < -0.4 is 0 Å². The molecule has 0 fully saturated rings. The number of aliphatic hydroxyl groups is 1. The molecule has 0 bridgehead atoms. The molecule has 3 nitrogen and oxygen atoms in total. The van der Waals surface area contributed by atoms with Gasteiger partial charge in [-0.25, -0.2) is 0 Å². The monoisotopic (exact) mass is 222 g/mol. The molecule has 0 saturated heterocycles. The smallest absolute Gasteiger partial charge is 0.0547 e. The van der Waals surface area contributed by atoms with Gasteiger partial charge in [0, 0.05) is 18.3 Å². The van der Waals surface area contributed by atoms with Gasteiger partial charge in [0.25, 0.3) is 0 Å². The van der Waals surface area contributed by atoms with E-state index in [0.717, 1.165) is 24.4 Å². The number of hydrogen-bond acceptors (Lipinski definition) is 3. The Balaban J connectivity index is 2.53. The van der Waals surface area contributed by atoms with Gasteiger partial charge in [-0.15, -0.1) is 0 Å². The van der Waals surface area contributed by atoms with Gasteiger partial charge >= 0.3 is 0 Å². The Morgan fingerprint density at radius 3 is 2.62 bits per heavy atom. The number of nitrogens with zero attached hydrogens (tertiary/aromatic N) is 2. The number of rotatable bonds is 5. The highest BCUT2D eigenvalue weighted by Gasteiger charge is 2.12. The first kappa shape index (κ1) is 13.1. The number of aromatic nitrogens is 1. The topological polar surface area (TPSA) is 36.4 Å². The van der Waals surface area contributed by atoms with E-state index < -0.39 is 0 Å². The molecule has 3 heteroatoms. The van der Waals surface area contributed by atoms with Crippen LogP contribution in [-0.2, 0) is 6.54 Å². The normalized spacial score (nSPS) is 15.1. The Morgan fingerprint density at radius 2 is 2.06 bits per heavy atom. The maximum atomic E-state index is 9.34. The first-order valence-electron chi connectivity index (χ1n) is 5.80. The van der Waals surface area contributed by atoms with Gasteiger partial charge in [0.1, 0.15) is 0 Å². The standard InChI is InChI=1S/C13H22N2O/c1-10-6-5-7-13(14-10)9-15(4)11(2)8-12(3)16/h5-7,11-12,16H,8-9H2,1-4H3. The van der Waals surface area contributed by atoms with Crippen LogP contribution in [0.3, 0.4) is 0 Å². The van der Waals surface area contributed by atoms with E-state index in [1.54, 1.807) is 0 Å². The van der Waals surface area contributed by atoms with Crippen LogP contribution in [0, 0.1) is 6.92 Å². The van der Waals surface area contributed by atoms with E-state index in [4.69, 9.17) is 0 Å². The zero-order chi connectivity index (χ0) is 12.1. The van der Waals surface area contributed by atoms with Gasteiger partial charge in [-0.1, -0.05) is 6.07 Å². The number of hydrogen-bond donors (Lipinski definition) is 1. The number of pyridine rings is 1. The van der Waals surface area contributed by atoms with Gasteiger partial charge in [-0.2, -0.15) is 0 Å². The second kappa shape index (κ2) is 5.97. The van der Waals surface area contributed by atoms with Crippen molar-refractivity contribution < 1.29 is 5.11 Å². The molecule has 2 atom stereocenters. The Morgan fingerprint density at radius 1 is 1.38 bits per heavy atom. The summed E-state index contributed by atoms with van der Waals surface area (Å²) in [6.45, 7) is 6.79. The summed E-state index contributed by atoms with van der Waals surface area (Å²) < 4.78 is 0.